The number of nitrogens with zero attached hydrogens (tertiary/aromatic N) is 1. The summed E-state index contributed by atoms with van der Waals surface area (Å²) >= 11 is 0. The van der Waals surface area contributed by atoms with Gasteiger partial charge in [0.15, 0.2) is 0 Å². The molecule has 1 amide bonds. The van der Waals surface area contributed by atoms with Gasteiger partial charge in [-0.2, -0.15) is 0 Å². The Morgan fingerprint density at radius 2 is 2.08 bits per heavy atom. The van der Waals surface area contributed by atoms with Gasteiger partial charge in [0.1, 0.15) is 11.9 Å². The first-order valence-corrected chi connectivity index (χ1v) is 9.11. The van der Waals surface area contributed by atoms with Gasteiger partial charge in [-0.05, 0) is 50.8 Å². The molecule has 4 nitrogen and oxygen atoms in total. The van der Waals surface area contributed by atoms with Gasteiger partial charge in [-0.3, -0.25) is 4.79 Å². The minimum Gasteiger partial charge on any atom is -0.467 e. The smallest absolute Gasteiger partial charge is 0.223 e. The molecule has 4 heteroatoms. The third-order valence-electron chi connectivity index (χ3n) is 4.97. The Morgan fingerprint density at radius 1 is 1.32 bits per heavy atom. The van der Waals surface area contributed by atoms with E-state index in [-0.39, 0.29) is 11.9 Å². The molecule has 3 rings (SSSR count). The average molecular weight is 341 g/mol. The summed E-state index contributed by atoms with van der Waals surface area (Å²) in [6.07, 6.45) is 4.72. The normalized spacial score (nSPS) is 18.5. The molecule has 0 spiro atoms. The maximum absolute atomic E-state index is 12.7. The van der Waals surface area contributed by atoms with Crippen molar-refractivity contribution >= 4 is 5.91 Å². The minimum atomic E-state index is -0.646. The average Bonchev–Trinajstić information content (AvgIpc) is 3.23. The van der Waals surface area contributed by atoms with Gasteiger partial charge in [0.2, 0.25) is 5.91 Å². The van der Waals surface area contributed by atoms with Crippen LogP contribution >= 0.6 is 0 Å². The maximum Gasteiger partial charge on any atom is 0.223 e. The van der Waals surface area contributed by atoms with Gasteiger partial charge in [0, 0.05) is 25.4 Å². The summed E-state index contributed by atoms with van der Waals surface area (Å²) in [6, 6.07) is 10.1. The molecule has 0 saturated carbocycles. The summed E-state index contributed by atoms with van der Waals surface area (Å²) in [5, 5.41) is 10.3. The highest BCUT2D eigenvalue weighted by Crippen LogP contribution is 2.28. The fraction of sp³-hybridized carbons (Fsp3) is 0.476. The minimum absolute atomic E-state index is 0.104. The van der Waals surface area contributed by atoms with E-state index in [0.717, 1.165) is 25.8 Å². The van der Waals surface area contributed by atoms with Crippen molar-refractivity contribution < 1.29 is 14.3 Å². The Labute approximate surface area is 149 Å². The fourth-order valence-electron chi connectivity index (χ4n) is 3.87. The Kier molecular flexibility index (Phi) is 5.59. The molecular formula is C21H27NO3. The van der Waals surface area contributed by atoms with E-state index in [0.29, 0.717) is 18.6 Å². The van der Waals surface area contributed by atoms with E-state index in [9.17, 15) is 9.90 Å². The third kappa shape index (κ3) is 4.51. The Morgan fingerprint density at radius 3 is 2.76 bits per heavy atom. The first-order valence-electron chi connectivity index (χ1n) is 9.11. The summed E-state index contributed by atoms with van der Waals surface area (Å²) in [7, 11) is 0. The van der Waals surface area contributed by atoms with E-state index in [1.165, 1.54) is 16.7 Å². The first-order chi connectivity index (χ1) is 12.0. The van der Waals surface area contributed by atoms with Crippen molar-refractivity contribution in [2.75, 3.05) is 6.54 Å². The second-order valence-corrected chi connectivity index (χ2v) is 7.15. The standard InChI is InChI=1S/C21H27NO3/c1-15-11-16(2)13-17(12-15)7-8-21(24)22-9-3-5-18(22)14-19(23)20-6-4-10-25-20/h4,6,10-13,18-19,23H,3,5,7-9,14H2,1-2H3. The molecule has 1 N–H and O–H groups in total. The second kappa shape index (κ2) is 7.87. The van der Waals surface area contributed by atoms with Crippen LogP contribution in [-0.2, 0) is 11.2 Å². The second-order valence-electron chi connectivity index (χ2n) is 7.15. The van der Waals surface area contributed by atoms with Gasteiger partial charge in [0.05, 0.1) is 6.26 Å². The number of hydrogen-bond acceptors (Lipinski definition) is 3. The number of aryl methyl sites for hydroxylation is 3. The van der Waals surface area contributed by atoms with Crippen LogP contribution in [0.3, 0.4) is 0 Å². The summed E-state index contributed by atoms with van der Waals surface area (Å²) < 4.78 is 5.28. The summed E-state index contributed by atoms with van der Waals surface area (Å²) in [6.45, 7) is 4.97. The van der Waals surface area contributed by atoms with Crippen LogP contribution in [0, 0.1) is 13.8 Å². The lowest BCUT2D eigenvalue weighted by Crippen LogP contribution is -2.36. The zero-order chi connectivity index (χ0) is 17.8. The summed E-state index contributed by atoms with van der Waals surface area (Å²) in [5.74, 6) is 0.767. The first kappa shape index (κ1) is 17.7. The van der Waals surface area contributed by atoms with Gasteiger partial charge >= 0.3 is 0 Å². The molecule has 1 aromatic heterocycles. The van der Waals surface area contributed by atoms with Crippen molar-refractivity contribution in [3.8, 4) is 0 Å². The highest BCUT2D eigenvalue weighted by Gasteiger charge is 2.30. The number of aliphatic hydroxyl groups is 1. The van der Waals surface area contributed by atoms with E-state index in [4.69, 9.17) is 4.42 Å². The van der Waals surface area contributed by atoms with Crippen molar-refractivity contribution in [3.63, 3.8) is 0 Å². The van der Waals surface area contributed by atoms with Gasteiger partial charge in [0.25, 0.3) is 0 Å². The number of carbonyl (C=O) groups is 1. The number of aliphatic hydroxyl groups excluding tert-OH is 1. The highest BCUT2D eigenvalue weighted by atomic mass is 16.4. The zero-order valence-electron chi connectivity index (χ0n) is 15.1. The van der Waals surface area contributed by atoms with Crippen molar-refractivity contribution in [2.24, 2.45) is 0 Å². The van der Waals surface area contributed by atoms with Gasteiger partial charge in [-0.25, -0.2) is 0 Å². The molecule has 0 bridgehead atoms. The quantitative estimate of drug-likeness (QED) is 0.866. The number of amides is 1. The molecule has 1 aliphatic rings. The van der Waals surface area contributed by atoms with Crippen LogP contribution in [0.1, 0.15) is 54.2 Å². The third-order valence-corrected chi connectivity index (χ3v) is 4.97. The van der Waals surface area contributed by atoms with E-state index in [1.807, 2.05) is 4.90 Å². The van der Waals surface area contributed by atoms with Crippen LogP contribution in [0.5, 0.6) is 0 Å². The van der Waals surface area contributed by atoms with Crippen LogP contribution < -0.4 is 0 Å². The largest absolute Gasteiger partial charge is 0.467 e. The van der Waals surface area contributed by atoms with Crippen LogP contribution in [0.2, 0.25) is 0 Å². The van der Waals surface area contributed by atoms with Crippen molar-refractivity contribution in [1.82, 2.24) is 4.90 Å². The van der Waals surface area contributed by atoms with Gasteiger partial charge < -0.3 is 14.4 Å². The van der Waals surface area contributed by atoms with Gasteiger partial charge in [-0.1, -0.05) is 29.3 Å². The molecule has 2 aromatic rings. The molecule has 1 aliphatic heterocycles. The zero-order valence-corrected chi connectivity index (χ0v) is 15.1. The lowest BCUT2D eigenvalue weighted by molar-refractivity contribution is -0.132. The van der Waals surface area contributed by atoms with Crippen LogP contribution in [-0.4, -0.2) is 28.5 Å². The van der Waals surface area contributed by atoms with Gasteiger partial charge in [-0.15, -0.1) is 0 Å². The lowest BCUT2D eigenvalue weighted by Gasteiger charge is -2.26. The molecule has 134 valence electrons. The number of hydrogen-bond donors (Lipinski definition) is 1. The van der Waals surface area contributed by atoms with E-state index in [1.54, 1.807) is 18.4 Å². The lowest BCUT2D eigenvalue weighted by atomic mass is 10.0. The molecule has 2 unspecified atom stereocenters. The summed E-state index contributed by atoms with van der Waals surface area (Å²) in [5.41, 5.74) is 3.70. The van der Waals surface area contributed by atoms with Crippen LogP contribution in [0.4, 0.5) is 0 Å². The van der Waals surface area contributed by atoms with E-state index >= 15 is 0 Å². The number of furan rings is 1. The molecule has 1 aromatic carbocycles. The van der Waals surface area contributed by atoms with Crippen LogP contribution in [0.25, 0.3) is 0 Å². The maximum atomic E-state index is 12.7. The molecule has 2 heterocycles. The number of rotatable bonds is 6. The number of carbonyl (C=O) groups excluding carboxylic acids is 1. The molecule has 1 fully saturated rings. The van der Waals surface area contributed by atoms with Crippen molar-refractivity contribution in [3.05, 3.63) is 59.0 Å². The Balaban J connectivity index is 1.57. The highest BCUT2D eigenvalue weighted by molar-refractivity contribution is 5.77. The molecule has 0 aliphatic carbocycles. The van der Waals surface area contributed by atoms with Crippen LogP contribution in [0.15, 0.2) is 41.0 Å². The van der Waals surface area contributed by atoms with Crippen molar-refractivity contribution in [1.29, 1.82) is 0 Å². The predicted octanol–water partition coefficient (Wildman–Crippen LogP) is 3.94. The predicted molar refractivity (Wildman–Crippen MR) is 97.3 cm³/mol. The fourth-order valence-corrected chi connectivity index (χ4v) is 3.87. The molecule has 2 atom stereocenters. The molecule has 25 heavy (non-hydrogen) atoms. The Bertz CT molecular complexity index is 688. The topological polar surface area (TPSA) is 53.7 Å². The monoisotopic (exact) mass is 341 g/mol. The summed E-state index contributed by atoms with van der Waals surface area (Å²) in [4.78, 5) is 14.6. The number of benzene rings is 1. The van der Waals surface area contributed by atoms with E-state index in [2.05, 4.69) is 32.0 Å². The van der Waals surface area contributed by atoms with E-state index < -0.39 is 6.10 Å². The SMILES string of the molecule is Cc1cc(C)cc(CCC(=O)N2CCCC2CC(O)c2ccco2)c1. The molecule has 0 radical (unpaired) electrons. The molecule has 1 saturated heterocycles. The number of likely N-dealkylation sites (tertiary alicyclic amines) is 1. The Hall–Kier alpha value is -2.07. The van der Waals surface area contributed by atoms with Crippen molar-refractivity contribution in [2.45, 2.75) is 58.1 Å². The molecular weight excluding hydrogens is 314 g/mol.